The predicted molar refractivity (Wildman–Crippen MR) is 102 cm³/mol. The molecular weight excluding hydrogens is 358 g/mol. The quantitative estimate of drug-likeness (QED) is 0.880. The summed E-state index contributed by atoms with van der Waals surface area (Å²) in [5.41, 5.74) is 8.00. The normalized spacial score (nSPS) is 17.3. The van der Waals surface area contributed by atoms with Gasteiger partial charge in [0.25, 0.3) is 5.56 Å². The van der Waals surface area contributed by atoms with Crippen LogP contribution in [0.25, 0.3) is 0 Å². The number of ether oxygens (including phenoxy) is 3. The van der Waals surface area contributed by atoms with E-state index in [2.05, 4.69) is 19.9 Å². The van der Waals surface area contributed by atoms with Gasteiger partial charge in [-0.1, -0.05) is 19.9 Å². The zero-order valence-corrected chi connectivity index (χ0v) is 16.0. The van der Waals surface area contributed by atoms with Gasteiger partial charge in [0.05, 0.1) is 11.5 Å². The average Bonchev–Trinajstić information content (AvgIpc) is 3.11. The van der Waals surface area contributed by atoms with E-state index in [0.29, 0.717) is 35.3 Å². The van der Waals surface area contributed by atoms with Crippen LogP contribution in [0.2, 0.25) is 0 Å². The lowest BCUT2D eigenvalue weighted by molar-refractivity contribution is 0.174. The van der Waals surface area contributed by atoms with Crippen LogP contribution >= 0.6 is 0 Å². The fraction of sp³-hybridized carbons (Fsp3) is 0.333. The number of fused-ring (bicyclic) bond motifs is 2. The Bertz CT molecular complexity index is 1090. The third-order valence-corrected chi connectivity index (χ3v) is 4.97. The summed E-state index contributed by atoms with van der Waals surface area (Å²) in [4.78, 5) is 13.4. The van der Waals surface area contributed by atoms with Crippen molar-refractivity contribution in [2.75, 3.05) is 6.79 Å². The molecule has 0 spiro atoms. The van der Waals surface area contributed by atoms with E-state index in [-0.39, 0.29) is 23.8 Å². The molecule has 0 saturated heterocycles. The van der Waals surface area contributed by atoms with E-state index < -0.39 is 5.92 Å². The SMILES string of the molecule is Cc1cc2c(c(=O)n1CC(C)C)[C@@H](c1ccc3c(c1)OCO3)C(C#N)=C(N)O2. The fourth-order valence-corrected chi connectivity index (χ4v) is 3.70. The molecule has 0 fully saturated rings. The molecule has 3 heterocycles. The Morgan fingerprint density at radius 1 is 1.25 bits per heavy atom. The Morgan fingerprint density at radius 2 is 2.00 bits per heavy atom. The van der Waals surface area contributed by atoms with Gasteiger partial charge in [0.1, 0.15) is 17.4 Å². The number of pyridine rings is 1. The van der Waals surface area contributed by atoms with Gasteiger partial charge in [-0.25, -0.2) is 0 Å². The van der Waals surface area contributed by atoms with Gasteiger partial charge in [-0.2, -0.15) is 5.26 Å². The molecule has 2 aliphatic rings. The molecule has 0 bridgehead atoms. The van der Waals surface area contributed by atoms with E-state index in [1.165, 1.54) is 0 Å². The molecule has 1 atom stereocenters. The number of aryl methyl sites for hydroxylation is 1. The van der Waals surface area contributed by atoms with Crippen molar-refractivity contribution in [3.63, 3.8) is 0 Å². The van der Waals surface area contributed by atoms with E-state index >= 15 is 0 Å². The smallest absolute Gasteiger partial charge is 0.258 e. The number of rotatable bonds is 3. The number of nitrogens with zero attached hydrogens (tertiary/aromatic N) is 2. The Hall–Kier alpha value is -3.40. The van der Waals surface area contributed by atoms with Crippen molar-refractivity contribution in [3.8, 4) is 23.3 Å². The van der Waals surface area contributed by atoms with Crippen LogP contribution < -0.4 is 25.5 Å². The highest BCUT2D eigenvalue weighted by Crippen LogP contribution is 2.43. The molecule has 2 aliphatic heterocycles. The van der Waals surface area contributed by atoms with Gasteiger partial charge in [-0.15, -0.1) is 0 Å². The number of aromatic nitrogens is 1. The number of allylic oxidation sites excluding steroid dienone is 1. The van der Waals surface area contributed by atoms with E-state index in [1.807, 2.05) is 13.0 Å². The van der Waals surface area contributed by atoms with Gasteiger partial charge in [0.15, 0.2) is 11.5 Å². The van der Waals surface area contributed by atoms with Crippen LogP contribution in [0.1, 0.15) is 36.6 Å². The Labute approximate surface area is 162 Å². The highest BCUT2D eigenvalue weighted by molar-refractivity contribution is 5.57. The van der Waals surface area contributed by atoms with Gasteiger partial charge in [0.2, 0.25) is 12.7 Å². The van der Waals surface area contributed by atoms with Gasteiger partial charge < -0.3 is 24.5 Å². The van der Waals surface area contributed by atoms with Crippen LogP contribution in [0, 0.1) is 24.2 Å². The average molecular weight is 379 g/mol. The summed E-state index contributed by atoms with van der Waals surface area (Å²) in [6.45, 7) is 6.69. The van der Waals surface area contributed by atoms with Crippen LogP contribution in [-0.4, -0.2) is 11.4 Å². The first-order valence-electron chi connectivity index (χ1n) is 9.12. The Balaban J connectivity index is 1.96. The zero-order valence-electron chi connectivity index (χ0n) is 16.0. The van der Waals surface area contributed by atoms with Crippen molar-refractivity contribution in [3.05, 3.63) is 62.9 Å². The van der Waals surface area contributed by atoms with Crippen molar-refractivity contribution < 1.29 is 14.2 Å². The van der Waals surface area contributed by atoms with E-state index in [9.17, 15) is 10.1 Å². The first-order chi connectivity index (χ1) is 13.4. The van der Waals surface area contributed by atoms with Gasteiger partial charge >= 0.3 is 0 Å². The van der Waals surface area contributed by atoms with Crippen molar-refractivity contribution in [2.45, 2.75) is 33.2 Å². The highest BCUT2D eigenvalue weighted by atomic mass is 16.7. The molecule has 1 aromatic carbocycles. The van der Waals surface area contributed by atoms with Gasteiger partial charge in [0, 0.05) is 18.3 Å². The molecule has 7 nitrogen and oxygen atoms in total. The second-order valence-electron chi connectivity index (χ2n) is 7.41. The molecule has 2 aromatic rings. The number of nitrogens with two attached hydrogens (primary N) is 1. The molecule has 1 aromatic heterocycles. The van der Waals surface area contributed by atoms with Crippen LogP contribution in [0.15, 0.2) is 40.5 Å². The number of benzene rings is 1. The van der Waals surface area contributed by atoms with Crippen LogP contribution in [0.3, 0.4) is 0 Å². The lowest BCUT2D eigenvalue weighted by atomic mass is 9.84. The predicted octanol–water partition coefficient (Wildman–Crippen LogP) is 2.76. The summed E-state index contributed by atoms with van der Waals surface area (Å²) in [6.07, 6.45) is 0. The fourth-order valence-electron chi connectivity index (χ4n) is 3.70. The summed E-state index contributed by atoms with van der Waals surface area (Å²) in [7, 11) is 0. The van der Waals surface area contributed by atoms with E-state index in [1.54, 1.807) is 22.8 Å². The number of hydrogen-bond donors (Lipinski definition) is 1. The third kappa shape index (κ3) is 2.78. The first-order valence-corrected chi connectivity index (χ1v) is 9.12. The molecule has 0 saturated carbocycles. The number of nitriles is 1. The molecule has 0 unspecified atom stereocenters. The lowest BCUT2D eigenvalue weighted by Crippen LogP contribution is -2.33. The molecule has 28 heavy (non-hydrogen) atoms. The minimum atomic E-state index is -0.630. The summed E-state index contributed by atoms with van der Waals surface area (Å²) in [5, 5.41) is 9.74. The van der Waals surface area contributed by atoms with Gasteiger partial charge in [-0.05, 0) is 30.5 Å². The minimum absolute atomic E-state index is 0.0121. The molecule has 144 valence electrons. The van der Waals surface area contributed by atoms with Crippen molar-refractivity contribution >= 4 is 0 Å². The molecule has 0 amide bonds. The first kappa shape index (κ1) is 18.0. The maximum atomic E-state index is 13.4. The monoisotopic (exact) mass is 379 g/mol. The second-order valence-corrected chi connectivity index (χ2v) is 7.41. The maximum absolute atomic E-state index is 13.4. The van der Waals surface area contributed by atoms with Crippen molar-refractivity contribution in [1.82, 2.24) is 4.57 Å². The molecule has 4 rings (SSSR count). The summed E-state index contributed by atoms with van der Waals surface area (Å²) in [6, 6.07) is 9.32. The molecule has 0 radical (unpaired) electrons. The molecule has 7 heteroatoms. The van der Waals surface area contributed by atoms with Gasteiger partial charge in [-0.3, -0.25) is 4.79 Å². The topological polar surface area (TPSA) is 99.5 Å². The third-order valence-electron chi connectivity index (χ3n) is 4.97. The van der Waals surface area contributed by atoms with Crippen molar-refractivity contribution in [2.24, 2.45) is 11.7 Å². The van der Waals surface area contributed by atoms with E-state index in [4.69, 9.17) is 19.9 Å². The summed E-state index contributed by atoms with van der Waals surface area (Å²) < 4.78 is 18.2. The van der Waals surface area contributed by atoms with Crippen molar-refractivity contribution in [1.29, 1.82) is 5.26 Å². The summed E-state index contributed by atoms with van der Waals surface area (Å²) in [5.74, 6) is 1.28. The molecule has 0 aliphatic carbocycles. The molecular formula is C21H21N3O4. The van der Waals surface area contributed by atoms with Crippen LogP contribution in [0.5, 0.6) is 17.2 Å². The largest absolute Gasteiger partial charge is 0.454 e. The van der Waals surface area contributed by atoms with E-state index in [0.717, 1.165) is 11.3 Å². The number of hydrogen-bond acceptors (Lipinski definition) is 6. The zero-order chi connectivity index (χ0) is 20.0. The standard InChI is InChI=1S/C21H21N3O4/c1-11(2)9-24-12(3)6-17-19(21(24)25)18(14(8-22)20(23)28-17)13-4-5-15-16(7-13)27-10-26-15/h4-7,11,18H,9-10,23H2,1-3H3/t18-/m0/s1. The maximum Gasteiger partial charge on any atom is 0.258 e. The Kier molecular flexibility index (Phi) is 4.27. The Morgan fingerprint density at radius 3 is 2.71 bits per heavy atom. The molecule has 2 N–H and O–H groups in total. The lowest BCUT2D eigenvalue weighted by Gasteiger charge is -2.27. The van der Waals surface area contributed by atoms with Crippen LogP contribution in [-0.2, 0) is 6.54 Å². The summed E-state index contributed by atoms with van der Waals surface area (Å²) >= 11 is 0. The second kappa shape index (κ2) is 6.64. The van der Waals surface area contributed by atoms with Crippen LogP contribution in [0.4, 0.5) is 0 Å². The minimum Gasteiger partial charge on any atom is -0.454 e. The highest BCUT2D eigenvalue weighted by Gasteiger charge is 2.35.